The SMILES string of the molecule is COC(=O)CCC/C=C\CC1[C@H](O)C[C@H](O)[C@H]1/C(=C\CCCc1ccccc1)OC. The Morgan fingerprint density at radius 3 is 2.50 bits per heavy atom. The molecule has 2 N–H and O–H groups in total. The fraction of sp³-hybridized carbons (Fsp3) is 0.560. The van der Waals surface area contributed by atoms with Gasteiger partial charge in [-0.2, -0.15) is 0 Å². The predicted octanol–water partition coefficient (Wildman–Crippen LogP) is 4.19. The molecule has 0 amide bonds. The molecule has 0 spiro atoms. The molecular formula is C25H36O5. The van der Waals surface area contributed by atoms with Gasteiger partial charge >= 0.3 is 5.97 Å². The number of carbonyl (C=O) groups excluding carboxylic acids is 1. The Bertz CT molecular complexity index is 682. The van der Waals surface area contributed by atoms with Crippen LogP contribution in [0.4, 0.5) is 0 Å². The summed E-state index contributed by atoms with van der Waals surface area (Å²) in [6.45, 7) is 0. The zero-order chi connectivity index (χ0) is 21.8. The minimum Gasteiger partial charge on any atom is -0.501 e. The number of benzene rings is 1. The molecule has 1 aliphatic carbocycles. The molecule has 1 aliphatic rings. The summed E-state index contributed by atoms with van der Waals surface area (Å²) in [4.78, 5) is 11.1. The van der Waals surface area contributed by atoms with E-state index in [0.717, 1.165) is 37.9 Å². The third kappa shape index (κ3) is 7.62. The molecule has 1 aromatic rings. The summed E-state index contributed by atoms with van der Waals surface area (Å²) in [6.07, 6.45) is 10.9. The largest absolute Gasteiger partial charge is 0.501 e. The number of aliphatic hydroxyl groups is 2. The van der Waals surface area contributed by atoms with Crippen LogP contribution in [0.1, 0.15) is 50.5 Å². The average molecular weight is 417 g/mol. The summed E-state index contributed by atoms with van der Waals surface area (Å²) >= 11 is 0. The highest BCUT2D eigenvalue weighted by atomic mass is 16.5. The van der Waals surface area contributed by atoms with Crippen LogP contribution < -0.4 is 0 Å². The number of rotatable bonds is 12. The van der Waals surface area contributed by atoms with Crippen LogP contribution in [0.5, 0.6) is 0 Å². The molecule has 166 valence electrons. The van der Waals surface area contributed by atoms with Gasteiger partial charge in [-0.1, -0.05) is 42.5 Å². The molecule has 0 bridgehead atoms. The molecule has 1 fully saturated rings. The Morgan fingerprint density at radius 1 is 1.03 bits per heavy atom. The van der Waals surface area contributed by atoms with Gasteiger partial charge in [0.2, 0.25) is 0 Å². The van der Waals surface area contributed by atoms with Crippen molar-refractivity contribution in [1.29, 1.82) is 0 Å². The summed E-state index contributed by atoms with van der Waals surface area (Å²) in [5.74, 6) is 0.315. The van der Waals surface area contributed by atoms with Crippen molar-refractivity contribution < 1.29 is 24.5 Å². The number of unbranched alkanes of at least 4 members (excludes halogenated alkanes) is 2. The number of aliphatic hydroxyl groups excluding tert-OH is 2. The molecule has 0 radical (unpaired) electrons. The lowest BCUT2D eigenvalue weighted by Gasteiger charge is -2.24. The molecule has 5 heteroatoms. The van der Waals surface area contributed by atoms with Gasteiger partial charge in [-0.15, -0.1) is 0 Å². The average Bonchev–Trinajstić information content (AvgIpc) is 3.04. The first kappa shape index (κ1) is 24.2. The van der Waals surface area contributed by atoms with Gasteiger partial charge in [0.05, 0.1) is 32.2 Å². The number of hydrogen-bond donors (Lipinski definition) is 2. The van der Waals surface area contributed by atoms with Gasteiger partial charge < -0.3 is 19.7 Å². The second-order valence-electron chi connectivity index (χ2n) is 7.92. The summed E-state index contributed by atoms with van der Waals surface area (Å²) < 4.78 is 10.3. The van der Waals surface area contributed by atoms with E-state index in [1.807, 2.05) is 18.2 Å². The Kier molecular flexibility index (Phi) is 10.7. The van der Waals surface area contributed by atoms with Gasteiger partial charge in [0, 0.05) is 24.7 Å². The van der Waals surface area contributed by atoms with E-state index < -0.39 is 12.2 Å². The Balaban J connectivity index is 1.87. The molecule has 30 heavy (non-hydrogen) atoms. The third-order valence-electron chi connectivity index (χ3n) is 5.83. The molecule has 1 saturated carbocycles. The molecule has 1 aromatic carbocycles. The number of aryl methyl sites for hydroxylation is 1. The van der Waals surface area contributed by atoms with Crippen molar-refractivity contribution in [3.05, 3.63) is 59.9 Å². The quantitative estimate of drug-likeness (QED) is 0.231. The van der Waals surface area contributed by atoms with E-state index in [4.69, 9.17) is 4.74 Å². The van der Waals surface area contributed by atoms with Gasteiger partial charge in [0.25, 0.3) is 0 Å². The monoisotopic (exact) mass is 416 g/mol. The standard InChI is InChI=1S/C25H36O5/c1-29-23(16-11-10-14-19-12-6-5-7-13-19)25-20(21(26)18-22(25)27)15-8-3-4-9-17-24(28)30-2/h3,5-8,12-13,16,20-22,25-27H,4,9-11,14-15,17-18H2,1-2H3/b8-3-,23-16+/t20?,21-,22+,25+/m1/s1. The van der Waals surface area contributed by atoms with E-state index in [9.17, 15) is 15.0 Å². The van der Waals surface area contributed by atoms with Crippen LogP contribution in [0, 0.1) is 11.8 Å². The van der Waals surface area contributed by atoms with Crippen molar-refractivity contribution in [3.63, 3.8) is 0 Å². The highest BCUT2D eigenvalue weighted by molar-refractivity contribution is 5.69. The van der Waals surface area contributed by atoms with Crippen molar-refractivity contribution in [1.82, 2.24) is 0 Å². The highest BCUT2D eigenvalue weighted by Crippen LogP contribution is 2.40. The molecule has 0 aliphatic heterocycles. The van der Waals surface area contributed by atoms with Crippen molar-refractivity contribution >= 4 is 5.97 Å². The van der Waals surface area contributed by atoms with Crippen molar-refractivity contribution in [2.24, 2.45) is 11.8 Å². The Morgan fingerprint density at radius 2 is 1.80 bits per heavy atom. The number of carbonyl (C=O) groups is 1. The normalized spacial score (nSPS) is 24.3. The maximum atomic E-state index is 11.1. The number of allylic oxidation sites excluding steroid dienone is 3. The van der Waals surface area contributed by atoms with E-state index in [0.29, 0.717) is 19.3 Å². The van der Waals surface area contributed by atoms with Crippen LogP contribution in [0.15, 0.2) is 54.3 Å². The van der Waals surface area contributed by atoms with Crippen molar-refractivity contribution in [2.75, 3.05) is 14.2 Å². The highest BCUT2D eigenvalue weighted by Gasteiger charge is 2.43. The molecule has 0 saturated heterocycles. The van der Waals surface area contributed by atoms with Crippen LogP contribution in [0.25, 0.3) is 0 Å². The topological polar surface area (TPSA) is 76.0 Å². The van der Waals surface area contributed by atoms with E-state index in [1.54, 1.807) is 7.11 Å². The number of methoxy groups -OCH3 is 2. The van der Waals surface area contributed by atoms with Crippen LogP contribution in [-0.4, -0.2) is 42.6 Å². The minimum absolute atomic E-state index is 0.0721. The first-order chi connectivity index (χ1) is 14.6. The van der Waals surface area contributed by atoms with Gasteiger partial charge in [0.15, 0.2) is 0 Å². The van der Waals surface area contributed by atoms with Gasteiger partial charge in [-0.3, -0.25) is 4.79 Å². The fourth-order valence-electron chi connectivity index (χ4n) is 4.19. The Hall–Kier alpha value is -2.11. The molecule has 5 nitrogen and oxygen atoms in total. The lowest BCUT2D eigenvalue weighted by Crippen LogP contribution is -2.24. The third-order valence-corrected chi connectivity index (χ3v) is 5.83. The van der Waals surface area contributed by atoms with Gasteiger partial charge in [0.1, 0.15) is 0 Å². The van der Waals surface area contributed by atoms with E-state index in [1.165, 1.54) is 12.7 Å². The predicted molar refractivity (Wildman–Crippen MR) is 118 cm³/mol. The summed E-state index contributed by atoms with van der Waals surface area (Å²) in [5.41, 5.74) is 1.32. The first-order valence-electron chi connectivity index (χ1n) is 10.9. The number of hydrogen-bond acceptors (Lipinski definition) is 5. The van der Waals surface area contributed by atoms with Crippen LogP contribution in [0.3, 0.4) is 0 Å². The smallest absolute Gasteiger partial charge is 0.305 e. The van der Waals surface area contributed by atoms with Crippen molar-refractivity contribution in [2.45, 2.75) is 63.6 Å². The van der Waals surface area contributed by atoms with Crippen LogP contribution >= 0.6 is 0 Å². The number of ether oxygens (including phenoxy) is 2. The lowest BCUT2D eigenvalue weighted by atomic mass is 9.88. The Labute approximate surface area is 180 Å². The fourth-order valence-corrected chi connectivity index (χ4v) is 4.19. The van der Waals surface area contributed by atoms with Crippen molar-refractivity contribution in [3.8, 4) is 0 Å². The lowest BCUT2D eigenvalue weighted by molar-refractivity contribution is -0.140. The number of esters is 1. The maximum absolute atomic E-state index is 11.1. The molecule has 2 rings (SSSR count). The zero-order valence-electron chi connectivity index (χ0n) is 18.2. The van der Waals surface area contributed by atoms with E-state index in [-0.39, 0.29) is 17.8 Å². The van der Waals surface area contributed by atoms with Crippen LogP contribution in [0.2, 0.25) is 0 Å². The molecule has 1 unspecified atom stereocenters. The van der Waals surface area contributed by atoms with Crippen LogP contribution in [-0.2, 0) is 20.7 Å². The summed E-state index contributed by atoms with van der Waals surface area (Å²) in [5, 5.41) is 21.0. The second-order valence-corrected chi connectivity index (χ2v) is 7.92. The maximum Gasteiger partial charge on any atom is 0.305 e. The summed E-state index contributed by atoms with van der Waals surface area (Å²) in [7, 11) is 3.04. The first-order valence-corrected chi connectivity index (χ1v) is 10.9. The molecule has 4 atom stereocenters. The molecule has 0 aromatic heterocycles. The second kappa shape index (κ2) is 13.2. The van der Waals surface area contributed by atoms with Gasteiger partial charge in [-0.05, 0) is 50.2 Å². The molecule has 0 heterocycles. The van der Waals surface area contributed by atoms with E-state index >= 15 is 0 Å². The van der Waals surface area contributed by atoms with E-state index in [2.05, 4.69) is 35.1 Å². The van der Waals surface area contributed by atoms with Gasteiger partial charge in [-0.25, -0.2) is 0 Å². The zero-order valence-corrected chi connectivity index (χ0v) is 18.2. The minimum atomic E-state index is -0.599. The summed E-state index contributed by atoms with van der Waals surface area (Å²) in [6, 6.07) is 10.4. The molecular weight excluding hydrogens is 380 g/mol.